The fourth-order valence-corrected chi connectivity index (χ4v) is 1.40. The van der Waals surface area contributed by atoms with Crippen LogP contribution >= 0.6 is 0 Å². The molecule has 1 amide bonds. The zero-order chi connectivity index (χ0) is 10.3. The van der Waals surface area contributed by atoms with E-state index in [0.29, 0.717) is 17.4 Å². The number of rotatable bonds is 2. The lowest BCUT2D eigenvalue weighted by atomic mass is 10.3. The Bertz CT molecular complexity index is 367. The van der Waals surface area contributed by atoms with E-state index in [-0.39, 0.29) is 5.91 Å². The van der Waals surface area contributed by atoms with Gasteiger partial charge in [0, 0.05) is 13.1 Å². The molecule has 1 saturated carbocycles. The standard InChI is InChI=1S/C9H14N4O/c1-5-7(10)8(12-11-5)9(14)13(2)6-3-4-6/h6H,3-4,10H2,1-2H3,(H,11,12). The molecule has 5 heteroatoms. The maximum Gasteiger partial charge on any atom is 0.276 e. The fourth-order valence-electron chi connectivity index (χ4n) is 1.40. The number of nitrogens with one attached hydrogen (secondary N) is 1. The smallest absolute Gasteiger partial charge is 0.276 e. The van der Waals surface area contributed by atoms with E-state index in [2.05, 4.69) is 10.2 Å². The molecular formula is C9H14N4O. The first kappa shape index (κ1) is 9.05. The fraction of sp³-hybridized carbons (Fsp3) is 0.556. The normalized spacial score (nSPS) is 15.6. The Kier molecular flexibility index (Phi) is 1.94. The molecule has 14 heavy (non-hydrogen) atoms. The SMILES string of the molecule is Cc1[nH]nc(C(=O)N(C)C2CC2)c1N. The van der Waals surface area contributed by atoms with Crippen LogP contribution in [-0.2, 0) is 0 Å². The molecule has 0 aliphatic heterocycles. The van der Waals surface area contributed by atoms with E-state index in [4.69, 9.17) is 5.73 Å². The van der Waals surface area contributed by atoms with Gasteiger partial charge in [-0.05, 0) is 19.8 Å². The predicted octanol–water partition coefficient (Wildman–Crippen LogP) is 0.535. The molecule has 2 rings (SSSR count). The molecule has 1 aromatic rings. The lowest BCUT2D eigenvalue weighted by Gasteiger charge is -2.14. The van der Waals surface area contributed by atoms with Crippen LogP contribution in [-0.4, -0.2) is 34.1 Å². The molecule has 0 spiro atoms. The molecule has 5 nitrogen and oxygen atoms in total. The number of carbonyl (C=O) groups is 1. The lowest BCUT2D eigenvalue weighted by molar-refractivity contribution is 0.0780. The van der Waals surface area contributed by atoms with Crippen molar-refractivity contribution in [3.8, 4) is 0 Å². The van der Waals surface area contributed by atoms with Crippen LogP contribution in [0.4, 0.5) is 5.69 Å². The highest BCUT2D eigenvalue weighted by Crippen LogP contribution is 2.27. The Morgan fingerprint density at radius 3 is 2.71 bits per heavy atom. The molecule has 0 atom stereocenters. The van der Waals surface area contributed by atoms with Crippen molar-refractivity contribution in [2.75, 3.05) is 12.8 Å². The number of hydrogen-bond acceptors (Lipinski definition) is 3. The van der Waals surface area contributed by atoms with E-state index < -0.39 is 0 Å². The third-order valence-corrected chi connectivity index (χ3v) is 2.61. The first-order chi connectivity index (χ1) is 6.61. The van der Waals surface area contributed by atoms with Crippen molar-refractivity contribution in [3.05, 3.63) is 11.4 Å². The monoisotopic (exact) mass is 194 g/mol. The average Bonchev–Trinajstić information content (AvgIpc) is 2.95. The number of amides is 1. The number of H-pyrrole nitrogens is 1. The van der Waals surface area contributed by atoms with Gasteiger partial charge in [-0.2, -0.15) is 5.10 Å². The second-order valence-electron chi connectivity index (χ2n) is 3.76. The second kappa shape index (κ2) is 3.01. The maximum absolute atomic E-state index is 11.8. The van der Waals surface area contributed by atoms with Gasteiger partial charge >= 0.3 is 0 Å². The third-order valence-electron chi connectivity index (χ3n) is 2.61. The number of nitrogens with two attached hydrogens (primary N) is 1. The number of hydrogen-bond donors (Lipinski definition) is 2. The van der Waals surface area contributed by atoms with Gasteiger partial charge in [0.25, 0.3) is 5.91 Å². The highest BCUT2D eigenvalue weighted by molar-refractivity contribution is 5.97. The Balaban J connectivity index is 2.21. The summed E-state index contributed by atoms with van der Waals surface area (Å²) >= 11 is 0. The number of aromatic amines is 1. The van der Waals surface area contributed by atoms with Gasteiger partial charge in [0.05, 0.1) is 11.4 Å². The second-order valence-corrected chi connectivity index (χ2v) is 3.76. The van der Waals surface area contributed by atoms with E-state index in [1.807, 2.05) is 0 Å². The highest BCUT2D eigenvalue weighted by Gasteiger charge is 2.32. The summed E-state index contributed by atoms with van der Waals surface area (Å²) in [5, 5.41) is 6.61. The van der Waals surface area contributed by atoms with Gasteiger partial charge in [-0.15, -0.1) is 0 Å². The van der Waals surface area contributed by atoms with E-state index in [1.165, 1.54) is 0 Å². The first-order valence-corrected chi connectivity index (χ1v) is 4.69. The predicted molar refractivity (Wildman–Crippen MR) is 52.9 cm³/mol. The molecule has 1 aromatic heterocycles. The summed E-state index contributed by atoms with van der Waals surface area (Å²) in [6.07, 6.45) is 2.18. The van der Waals surface area contributed by atoms with Crippen LogP contribution in [0.25, 0.3) is 0 Å². The molecule has 1 fully saturated rings. The van der Waals surface area contributed by atoms with Gasteiger partial charge in [0.15, 0.2) is 5.69 Å². The van der Waals surface area contributed by atoms with E-state index in [0.717, 1.165) is 18.5 Å². The summed E-state index contributed by atoms with van der Waals surface area (Å²) in [4.78, 5) is 13.5. The molecule has 0 saturated heterocycles. The Hall–Kier alpha value is -1.52. The molecule has 0 aromatic carbocycles. The van der Waals surface area contributed by atoms with Gasteiger partial charge in [-0.1, -0.05) is 0 Å². The van der Waals surface area contributed by atoms with Gasteiger partial charge in [0.2, 0.25) is 0 Å². The van der Waals surface area contributed by atoms with Crippen LogP contribution in [0.5, 0.6) is 0 Å². The quantitative estimate of drug-likeness (QED) is 0.721. The van der Waals surface area contributed by atoms with Crippen molar-refractivity contribution < 1.29 is 4.79 Å². The Labute approximate surface area is 82.3 Å². The van der Waals surface area contributed by atoms with Gasteiger partial charge in [-0.25, -0.2) is 0 Å². The Morgan fingerprint density at radius 1 is 1.64 bits per heavy atom. The molecule has 0 bridgehead atoms. The molecule has 3 N–H and O–H groups in total. The van der Waals surface area contributed by atoms with Crippen molar-refractivity contribution in [3.63, 3.8) is 0 Å². The number of nitrogens with zero attached hydrogens (tertiary/aromatic N) is 2. The summed E-state index contributed by atoms with van der Waals surface area (Å²) < 4.78 is 0. The number of carbonyl (C=O) groups excluding carboxylic acids is 1. The van der Waals surface area contributed by atoms with Crippen molar-refractivity contribution >= 4 is 11.6 Å². The van der Waals surface area contributed by atoms with Crippen molar-refractivity contribution in [1.82, 2.24) is 15.1 Å². The van der Waals surface area contributed by atoms with E-state index >= 15 is 0 Å². The minimum Gasteiger partial charge on any atom is -0.395 e. The third kappa shape index (κ3) is 1.34. The highest BCUT2D eigenvalue weighted by atomic mass is 16.2. The minimum absolute atomic E-state index is 0.0886. The van der Waals surface area contributed by atoms with Crippen LogP contribution in [0.3, 0.4) is 0 Å². The molecule has 1 aliphatic carbocycles. The van der Waals surface area contributed by atoms with Crippen molar-refractivity contribution in [1.29, 1.82) is 0 Å². The van der Waals surface area contributed by atoms with E-state index in [1.54, 1.807) is 18.9 Å². The van der Waals surface area contributed by atoms with Crippen LogP contribution < -0.4 is 5.73 Å². The van der Waals surface area contributed by atoms with Gasteiger partial charge in [-0.3, -0.25) is 9.89 Å². The molecular weight excluding hydrogens is 180 g/mol. The molecule has 76 valence electrons. The number of aryl methyl sites for hydroxylation is 1. The summed E-state index contributed by atoms with van der Waals surface area (Å²) in [5.41, 5.74) is 7.27. The maximum atomic E-state index is 11.8. The van der Waals surface area contributed by atoms with Crippen LogP contribution in [0.2, 0.25) is 0 Å². The van der Waals surface area contributed by atoms with Gasteiger partial charge < -0.3 is 10.6 Å². The number of nitrogen functional groups attached to an aromatic ring is 1. The minimum atomic E-state index is -0.0886. The lowest BCUT2D eigenvalue weighted by Crippen LogP contribution is -2.29. The zero-order valence-electron chi connectivity index (χ0n) is 8.37. The summed E-state index contributed by atoms with van der Waals surface area (Å²) in [6, 6.07) is 0.388. The first-order valence-electron chi connectivity index (χ1n) is 4.69. The van der Waals surface area contributed by atoms with Crippen molar-refractivity contribution in [2.45, 2.75) is 25.8 Å². The summed E-state index contributed by atoms with van der Waals surface area (Å²) in [5.74, 6) is -0.0886. The van der Waals surface area contributed by atoms with Crippen LogP contribution in [0, 0.1) is 6.92 Å². The van der Waals surface area contributed by atoms with Gasteiger partial charge in [0.1, 0.15) is 0 Å². The number of aromatic nitrogens is 2. The van der Waals surface area contributed by atoms with Crippen LogP contribution in [0.15, 0.2) is 0 Å². The number of anilines is 1. The average molecular weight is 194 g/mol. The molecule has 0 radical (unpaired) electrons. The van der Waals surface area contributed by atoms with Crippen LogP contribution in [0.1, 0.15) is 29.0 Å². The molecule has 1 heterocycles. The Morgan fingerprint density at radius 2 is 2.29 bits per heavy atom. The topological polar surface area (TPSA) is 75.0 Å². The molecule has 1 aliphatic rings. The molecule has 0 unspecified atom stereocenters. The summed E-state index contributed by atoms with van der Waals surface area (Å²) in [7, 11) is 1.80. The summed E-state index contributed by atoms with van der Waals surface area (Å²) in [6.45, 7) is 1.80. The van der Waals surface area contributed by atoms with Crippen molar-refractivity contribution in [2.24, 2.45) is 0 Å². The zero-order valence-corrected chi connectivity index (χ0v) is 8.37. The largest absolute Gasteiger partial charge is 0.395 e. The van der Waals surface area contributed by atoms with E-state index in [9.17, 15) is 4.79 Å².